The lowest BCUT2D eigenvalue weighted by Gasteiger charge is -2.05. The fourth-order valence-corrected chi connectivity index (χ4v) is 1.48. The van der Waals surface area contributed by atoms with E-state index >= 15 is 0 Å². The van der Waals surface area contributed by atoms with Crippen molar-refractivity contribution in [3.8, 4) is 5.75 Å². The van der Waals surface area contributed by atoms with E-state index in [4.69, 9.17) is 16.3 Å². The average molecular weight is 266 g/mol. The smallest absolute Gasteiger partial charge is 0.262 e. The van der Waals surface area contributed by atoms with Crippen LogP contribution < -0.4 is 10.1 Å². The van der Waals surface area contributed by atoms with E-state index in [1.54, 1.807) is 48.4 Å². The van der Waals surface area contributed by atoms with Gasteiger partial charge < -0.3 is 10.1 Å². The first-order valence-electron chi connectivity index (χ1n) is 5.30. The second kappa shape index (κ2) is 5.55. The van der Waals surface area contributed by atoms with Crippen molar-refractivity contribution in [2.45, 2.75) is 0 Å². The van der Waals surface area contributed by atoms with Crippen molar-refractivity contribution >= 4 is 23.2 Å². The zero-order valence-corrected chi connectivity index (χ0v) is 10.5. The minimum Gasteiger partial charge on any atom is -0.480 e. The fourth-order valence-electron chi connectivity index (χ4n) is 1.35. The zero-order valence-electron chi connectivity index (χ0n) is 9.76. The van der Waals surface area contributed by atoms with Crippen LogP contribution in [0.3, 0.4) is 0 Å². The molecule has 0 unspecified atom stereocenters. The summed E-state index contributed by atoms with van der Waals surface area (Å²) in [4.78, 5) is 11.6. The Morgan fingerprint density at radius 2 is 2.17 bits per heavy atom. The van der Waals surface area contributed by atoms with E-state index in [1.807, 2.05) is 0 Å². The van der Waals surface area contributed by atoms with Crippen molar-refractivity contribution in [1.82, 2.24) is 9.78 Å². The fraction of sp³-hybridized carbons (Fsp3) is 0.167. The lowest BCUT2D eigenvalue weighted by molar-refractivity contribution is -0.118. The number of aromatic nitrogens is 2. The number of ether oxygens (including phenoxy) is 1. The predicted octanol–water partition coefficient (Wildman–Crippen LogP) is 2.09. The van der Waals surface area contributed by atoms with Gasteiger partial charge in [0.05, 0.1) is 12.4 Å². The standard InChI is InChI=1S/C12H12ClN3O2/c1-16-7-11(6-14-16)18-8-12(17)15-10-4-2-9(13)3-5-10/h2-7H,8H2,1H3,(H,15,17). The first kappa shape index (κ1) is 12.4. The predicted molar refractivity (Wildman–Crippen MR) is 68.8 cm³/mol. The third-order valence-corrected chi connectivity index (χ3v) is 2.43. The molecular formula is C12H12ClN3O2. The van der Waals surface area contributed by atoms with E-state index in [2.05, 4.69) is 10.4 Å². The van der Waals surface area contributed by atoms with Gasteiger partial charge in [0.15, 0.2) is 12.4 Å². The molecule has 0 atom stereocenters. The van der Waals surface area contributed by atoms with Crippen LogP contribution in [0.25, 0.3) is 0 Å². The molecule has 1 heterocycles. The average Bonchev–Trinajstić information content (AvgIpc) is 2.76. The summed E-state index contributed by atoms with van der Waals surface area (Å²) in [7, 11) is 1.78. The highest BCUT2D eigenvalue weighted by molar-refractivity contribution is 6.30. The molecule has 0 radical (unpaired) electrons. The van der Waals surface area contributed by atoms with Crippen LogP contribution in [0.5, 0.6) is 5.75 Å². The lowest BCUT2D eigenvalue weighted by Crippen LogP contribution is -2.19. The number of hydrogen-bond acceptors (Lipinski definition) is 3. The summed E-state index contributed by atoms with van der Waals surface area (Å²) in [6.45, 7) is -0.0612. The maximum atomic E-state index is 11.6. The van der Waals surface area contributed by atoms with Gasteiger partial charge in [-0.2, -0.15) is 5.10 Å². The molecule has 2 aromatic rings. The van der Waals surface area contributed by atoms with E-state index in [9.17, 15) is 4.79 Å². The van der Waals surface area contributed by atoms with Crippen molar-refractivity contribution in [3.05, 3.63) is 41.7 Å². The lowest BCUT2D eigenvalue weighted by atomic mass is 10.3. The topological polar surface area (TPSA) is 56.1 Å². The third kappa shape index (κ3) is 3.49. The molecule has 1 aromatic carbocycles. The highest BCUT2D eigenvalue weighted by Gasteiger charge is 2.04. The number of nitrogens with one attached hydrogen (secondary N) is 1. The van der Waals surface area contributed by atoms with E-state index in [1.165, 1.54) is 0 Å². The Labute approximate surface area is 109 Å². The molecule has 2 rings (SSSR count). The maximum absolute atomic E-state index is 11.6. The Bertz CT molecular complexity index is 537. The molecule has 1 aromatic heterocycles. The minimum atomic E-state index is -0.235. The number of carbonyl (C=O) groups is 1. The van der Waals surface area contributed by atoms with E-state index in [0.717, 1.165) is 0 Å². The van der Waals surface area contributed by atoms with Gasteiger partial charge in [0.1, 0.15) is 0 Å². The van der Waals surface area contributed by atoms with Crippen LogP contribution >= 0.6 is 11.6 Å². The molecule has 18 heavy (non-hydrogen) atoms. The van der Waals surface area contributed by atoms with Gasteiger partial charge in [-0.1, -0.05) is 11.6 Å². The number of anilines is 1. The molecule has 0 bridgehead atoms. The summed E-state index contributed by atoms with van der Waals surface area (Å²) in [5, 5.41) is 7.25. The quantitative estimate of drug-likeness (QED) is 0.921. The summed E-state index contributed by atoms with van der Waals surface area (Å²) < 4.78 is 6.87. The number of amides is 1. The van der Waals surface area contributed by atoms with E-state index in [-0.39, 0.29) is 12.5 Å². The Morgan fingerprint density at radius 3 is 2.78 bits per heavy atom. The Hall–Kier alpha value is -2.01. The normalized spacial score (nSPS) is 10.1. The monoisotopic (exact) mass is 265 g/mol. The highest BCUT2D eigenvalue weighted by atomic mass is 35.5. The zero-order chi connectivity index (χ0) is 13.0. The van der Waals surface area contributed by atoms with Crippen LogP contribution in [-0.4, -0.2) is 22.3 Å². The SMILES string of the molecule is Cn1cc(OCC(=O)Nc2ccc(Cl)cc2)cn1. The molecule has 0 aliphatic rings. The summed E-state index contributed by atoms with van der Waals surface area (Å²) in [6, 6.07) is 6.87. The number of benzene rings is 1. The van der Waals surface area contributed by atoms with Gasteiger partial charge in [-0.3, -0.25) is 9.48 Å². The van der Waals surface area contributed by atoms with Gasteiger partial charge in [0.2, 0.25) is 0 Å². The summed E-state index contributed by atoms with van der Waals surface area (Å²) >= 11 is 5.75. The van der Waals surface area contributed by atoms with Crippen LogP contribution in [0.15, 0.2) is 36.7 Å². The number of carbonyl (C=O) groups excluding carboxylic acids is 1. The van der Waals surface area contributed by atoms with Crippen LogP contribution in [0.4, 0.5) is 5.69 Å². The van der Waals surface area contributed by atoms with E-state index in [0.29, 0.717) is 16.5 Å². The molecular weight excluding hydrogens is 254 g/mol. The van der Waals surface area contributed by atoms with Gasteiger partial charge in [-0.15, -0.1) is 0 Å². The van der Waals surface area contributed by atoms with Gasteiger partial charge in [0.25, 0.3) is 5.91 Å². The van der Waals surface area contributed by atoms with Gasteiger partial charge >= 0.3 is 0 Å². The molecule has 0 aliphatic carbocycles. The van der Waals surface area contributed by atoms with Crippen LogP contribution in [-0.2, 0) is 11.8 Å². The highest BCUT2D eigenvalue weighted by Crippen LogP contribution is 2.13. The number of rotatable bonds is 4. The van der Waals surface area contributed by atoms with Gasteiger partial charge in [0, 0.05) is 17.8 Å². The van der Waals surface area contributed by atoms with Crippen LogP contribution in [0.1, 0.15) is 0 Å². The Morgan fingerprint density at radius 1 is 1.44 bits per heavy atom. The van der Waals surface area contributed by atoms with Crippen molar-refractivity contribution in [2.24, 2.45) is 7.05 Å². The van der Waals surface area contributed by atoms with Crippen molar-refractivity contribution in [3.63, 3.8) is 0 Å². The molecule has 5 nitrogen and oxygen atoms in total. The minimum absolute atomic E-state index is 0.0612. The number of halogens is 1. The summed E-state index contributed by atoms with van der Waals surface area (Å²) in [5.74, 6) is 0.324. The second-order valence-electron chi connectivity index (χ2n) is 3.69. The number of aryl methyl sites for hydroxylation is 1. The largest absolute Gasteiger partial charge is 0.480 e. The first-order chi connectivity index (χ1) is 8.63. The maximum Gasteiger partial charge on any atom is 0.262 e. The molecule has 94 valence electrons. The first-order valence-corrected chi connectivity index (χ1v) is 5.68. The Kier molecular flexibility index (Phi) is 3.84. The van der Waals surface area contributed by atoms with Crippen molar-refractivity contribution in [1.29, 1.82) is 0 Å². The molecule has 0 saturated carbocycles. The molecule has 0 aliphatic heterocycles. The molecule has 1 N–H and O–H groups in total. The third-order valence-electron chi connectivity index (χ3n) is 2.18. The molecule has 6 heteroatoms. The second-order valence-corrected chi connectivity index (χ2v) is 4.13. The van der Waals surface area contributed by atoms with Crippen molar-refractivity contribution < 1.29 is 9.53 Å². The van der Waals surface area contributed by atoms with Gasteiger partial charge in [-0.25, -0.2) is 0 Å². The molecule has 0 fully saturated rings. The van der Waals surface area contributed by atoms with Crippen LogP contribution in [0.2, 0.25) is 5.02 Å². The molecule has 1 amide bonds. The van der Waals surface area contributed by atoms with Gasteiger partial charge in [-0.05, 0) is 24.3 Å². The summed E-state index contributed by atoms with van der Waals surface area (Å²) in [6.07, 6.45) is 3.24. The molecule has 0 spiro atoms. The van der Waals surface area contributed by atoms with E-state index < -0.39 is 0 Å². The number of nitrogens with zero attached hydrogens (tertiary/aromatic N) is 2. The van der Waals surface area contributed by atoms with Crippen LogP contribution in [0, 0.1) is 0 Å². The molecule has 0 saturated heterocycles. The number of hydrogen-bond donors (Lipinski definition) is 1. The summed E-state index contributed by atoms with van der Waals surface area (Å²) in [5.41, 5.74) is 0.680. The Balaban J connectivity index is 1.83. The van der Waals surface area contributed by atoms with Crippen molar-refractivity contribution in [2.75, 3.05) is 11.9 Å².